The highest BCUT2D eigenvalue weighted by atomic mass is 35.5. The van der Waals surface area contributed by atoms with Crippen molar-refractivity contribution in [2.75, 3.05) is 23.4 Å². The van der Waals surface area contributed by atoms with Crippen molar-refractivity contribution < 1.29 is 23.9 Å². The highest BCUT2D eigenvalue weighted by molar-refractivity contribution is 6.30. The molecular weight excluding hydrogens is 408 g/mol. The summed E-state index contributed by atoms with van der Waals surface area (Å²) in [4.78, 5) is 39.0. The lowest BCUT2D eigenvalue weighted by Crippen LogP contribution is -2.42. The summed E-state index contributed by atoms with van der Waals surface area (Å²) in [5, 5.41) is 3.37. The molecule has 2 unspecified atom stereocenters. The number of nitrogens with one attached hydrogen (secondary N) is 1. The number of fused-ring (bicyclic) bond motifs is 2. The summed E-state index contributed by atoms with van der Waals surface area (Å²) < 4.78 is 11.0. The quantitative estimate of drug-likeness (QED) is 0.759. The highest BCUT2D eigenvalue weighted by Crippen LogP contribution is 2.32. The van der Waals surface area contributed by atoms with Crippen molar-refractivity contribution in [3.63, 3.8) is 0 Å². The topological polar surface area (TPSA) is 84.9 Å². The van der Waals surface area contributed by atoms with E-state index in [-0.39, 0.29) is 30.9 Å². The number of para-hydroxylation sites is 2. The van der Waals surface area contributed by atoms with Gasteiger partial charge in [-0.05, 0) is 49.2 Å². The molecule has 1 N–H and O–H groups in total. The predicted molar refractivity (Wildman–Crippen MR) is 112 cm³/mol. The van der Waals surface area contributed by atoms with E-state index in [1.165, 1.54) is 4.90 Å². The Morgan fingerprint density at radius 2 is 2.03 bits per heavy atom. The Hall–Kier alpha value is -3.06. The van der Waals surface area contributed by atoms with Gasteiger partial charge in [0.2, 0.25) is 5.91 Å². The zero-order chi connectivity index (χ0) is 21.3. The van der Waals surface area contributed by atoms with Gasteiger partial charge in [0, 0.05) is 17.5 Å². The molecule has 156 valence electrons. The number of hydrogen-bond donors (Lipinski definition) is 1. The third-order valence-electron chi connectivity index (χ3n) is 5.23. The van der Waals surface area contributed by atoms with Crippen molar-refractivity contribution in [1.82, 2.24) is 0 Å². The zero-order valence-corrected chi connectivity index (χ0v) is 17.1. The van der Waals surface area contributed by atoms with Gasteiger partial charge in [-0.25, -0.2) is 0 Å². The number of benzene rings is 2. The van der Waals surface area contributed by atoms with Crippen LogP contribution in [0.3, 0.4) is 0 Å². The van der Waals surface area contributed by atoms with Crippen LogP contribution in [-0.4, -0.2) is 37.0 Å². The molecule has 0 aliphatic carbocycles. The van der Waals surface area contributed by atoms with Crippen LogP contribution in [0.1, 0.15) is 18.9 Å². The summed E-state index contributed by atoms with van der Waals surface area (Å²) in [5.41, 5.74) is 1.98. The standard InChI is InChI=1S/C22H21ClN2O5/c1-13-8-20(26)24-17-4-2-3-5-18(17)25(13)21(27)12-30-22(28)15-9-14-10-16(23)6-7-19(14)29-11-15/h2-7,10,13,15H,8-9,11-12H2,1H3,(H,24,26). The normalized spacial score (nSPS) is 20.2. The fraction of sp³-hybridized carbons (Fsp3) is 0.318. The van der Waals surface area contributed by atoms with Gasteiger partial charge in [-0.2, -0.15) is 0 Å². The lowest BCUT2D eigenvalue weighted by atomic mass is 9.97. The second-order valence-electron chi connectivity index (χ2n) is 7.45. The number of nitrogens with zero attached hydrogens (tertiary/aromatic N) is 1. The molecule has 2 heterocycles. The lowest BCUT2D eigenvalue weighted by molar-refractivity contribution is -0.153. The van der Waals surface area contributed by atoms with E-state index in [2.05, 4.69) is 5.32 Å². The lowest BCUT2D eigenvalue weighted by Gasteiger charge is -2.28. The molecule has 2 atom stereocenters. The van der Waals surface area contributed by atoms with Gasteiger partial charge in [-0.15, -0.1) is 0 Å². The average molecular weight is 429 g/mol. The Bertz CT molecular complexity index is 1010. The van der Waals surface area contributed by atoms with E-state index >= 15 is 0 Å². The van der Waals surface area contributed by atoms with Crippen molar-refractivity contribution in [2.45, 2.75) is 25.8 Å². The summed E-state index contributed by atoms with van der Waals surface area (Å²) in [6.45, 7) is 1.56. The van der Waals surface area contributed by atoms with E-state index in [9.17, 15) is 14.4 Å². The predicted octanol–water partition coefficient (Wildman–Crippen LogP) is 3.20. The molecule has 2 aromatic rings. The molecule has 0 saturated carbocycles. The largest absolute Gasteiger partial charge is 0.492 e. The van der Waals surface area contributed by atoms with E-state index in [1.807, 2.05) is 0 Å². The molecule has 7 nitrogen and oxygen atoms in total. The number of rotatable bonds is 3. The van der Waals surface area contributed by atoms with Gasteiger partial charge >= 0.3 is 5.97 Å². The Kier molecular flexibility index (Phi) is 5.63. The Morgan fingerprint density at radius 1 is 1.23 bits per heavy atom. The summed E-state index contributed by atoms with van der Waals surface area (Å²) in [6.07, 6.45) is 0.590. The SMILES string of the molecule is CC1CC(=O)Nc2ccccc2N1C(=O)COC(=O)C1COc2ccc(Cl)cc2C1. The van der Waals surface area contributed by atoms with Gasteiger partial charge < -0.3 is 19.7 Å². The molecule has 2 aliphatic rings. The minimum absolute atomic E-state index is 0.155. The van der Waals surface area contributed by atoms with Gasteiger partial charge in [0.1, 0.15) is 12.4 Å². The summed E-state index contributed by atoms with van der Waals surface area (Å²) in [6, 6.07) is 12.0. The van der Waals surface area contributed by atoms with Gasteiger partial charge in [0.15, 0.2) is 6.61 Å². The van der Waals surface area contributed by atoms with Crippen LogP contribution < -0.4 is 15.0 Å². The molecule has 0 radical (unpaired) electrons. The Labute approximate surface area is 178 Å². The van der Waals surface area contributed by atoms with Crippen molar-refractivity contribution >= 4 is 40.8 Å². The van der Waals surface area contributed by atoms with Crippen LogP contribution in [0.4, 0.5) is 11.4 Å². The Balaban J connectivity index is 1.43. The first-order valence-corrected chi connectivity index (χ1v) is 10.1. The fourth-order valence-electron chi connectivity index (χ4n) is 3.80. The highest BCUT2D eigenvalue weighted by Gasteiger charge is 2.32. The van der Waals surface area contributed by atoms with E-state index in [1.54, 1.807) is 49.4 Å². The summed E-state index contributed by atoms with van der Waals surface area (Å²) >= 11 is 6.02. The van der Waals surface area contributed by atoms with Crippen LogP contribution in [0.25, 0.3) is 0 Å². The molecular formula is C22H21ClN2O5. The van der Waals surface area contributed by atoms with Gasteiger partial charge in [-0.3, -0.25) is 14.4 Å². The van der Waals surface area contributed by atoms with Gasteiger partial charge in [-0.1, -0.05) is 23.7 Å². The van der Waals surface area contributed by atoms with Crippen molar-refractivity contribution in [3.05, 3.63) is 53.1 Å². The first-order chi connectivity index (χ1) is 14.4. The number of anilines is 2. The molecule has 0 bridgehead atoms. The molecule has 0 aromatic heterocycles. The summed E-state index contributed by atoms with van der Waals surface area (Å²) in [7, 11) is 0. The minimum atomic E-state index is -0.513. The number of ether oxygens (including phenoxy) is 2. The average Bonchev–Trinajstić information content (AvgIpc) is 2.85. The summed E-state index contributed by atoms with van der Waals surface area (Å²) in [5.74, 6) is -0.870. The van der Waals surface area contributed by atoms with E-state index in [0.29, 0.717) is 28.6 Å². The molecule has 2 amide bonds. The third kappa shape index (κ3) is 4.11. The number of hydrogen-bond acceptors (Lipinski definition) is 5. The molecule has 4 rings (SSSR count). The first-order valence-electron chi connectivity index (χ1n) is 9.71. The monoisotopic (exact) mass is 428 g/mol. The van der Waals surface area contributed by atoms with E-state index in [0.717, 1.165) is 5.56 Å². The molecule has 8 heteroatoms. The number of halogens is 1. The van der Waals surface area contributed by atoms with Crippen LogP contribution in [0, 0.1) is 5.92 Å². The minimum Gasteiger partial charge on any atom is -0.492 e. The molecule has 2 aromatic carbocycles. The van der Waals surface area contributed by atoms with Crippen LogP contribution in [0.15, 0.2) is 42.5 Å². The second-order valence-corrected chi connectivity index (χ2v) is 7.89. The number of esters is 1. The van der Waals surface area contributed by atoms with Crippen LogP contribution >= 0.6 is 11.6 Å². The maximum Gasteiger partial charge on any atom is 0.313 e. The van der Waals surface area contributed by atoms with E-state index < -0.39 is 18.5 Å². The molecule has 0 spiro atoms. The maximum atomic E-state index is 12.9. The van der Waals surface area contributed by atoms with E-state index in [4.69, 9.17) is 21.1 Å². The molecule has 0 fully saturated rings. The molecule has 30 heavy (non-hydrogen) atoms. The smallest absolute Gasteiger partial charge is 0.313 e. The number of carbonyl (C=O) groups excluding carboxylic acids is 3. The Morgan fingerprint density at radius 3 is 2.87 bits per heavy atom. The van der Waals surface area contributed by atoms with Crippen LogP contribution in [0.5, 0.6) is 5.75 Å². The molecule has 0 saturated heterocycles. The zero-order valence-electron chi connectivity index (χ0n) is 16.4. The van der Waals surface area contributed by atoms with Crippen molar-refractivity contribution in [1.29, 1.82) is 0 Å². The van der Waals surface area contributed by atoms with Crippen molar-refractivity contribution in [3.8, 4) is 5.75 Å². The number of amides is 2. The third-order valence-corrected chi connectivity index (χ3v) is 5.46. The van der Waals surface area contributed by atoms with Crippen LogP contribution in [-0.2, 0) is 25.5 Å². The number of carbonyl (C=O) groups is 3. The van der Waals surface area contributed by atoms with Gasteiger partial charge in [0.05, 0.1) is 17.3 Å². The first kappa shape index (κ1) is 20.2. The maximum absolute atomic E-state index is 12.9. The fourth-order valence-corrected chi connectivity index (χ4v) is 4.00. The van der Waals surface area contributed by atoms with Crippen molar-refractivity contribution in [2.24, 2.45) is 5.92 Å². The van der Waals surface area contributed by atoms with Crippen LogP contribution in [0.2, 0.25) is 5.02 Å². The molecule has 2 aliphatic heterocycles. The second kappa shape index (κ2) is 8.36. The van der Waals surface area contributed by atoms with Gasteiger partial charge in [0.25, 0.3) is 5.91 Å².